The van der Waals surface area contributed by atoms with E-state index in [1.807, 2.05) is 18.2 Å². The number of nitrogens with zero attached hydrogens (tertiary/aromatic N) is 2. The Morgan fingerprint density at radius 2 is 1.74 bits per heavy atom. The predicted octanol–water partition coefficient (Wildman–Crippen LogP) is 3.88. The van der Waals surface area contributed by atoms with Gasteiger partial charge in [-0.2, -0.15) is 4.98 Å². The van der Waals surface area contributed by atoms with Crippen LogP contribution in [-0.2, 0) is 12.8 Å². The number of hydrogen-bond acceptors (Lipinski definition) is 4. The van der Waals surface area contributed by atoms with Crippen molar-refractivity contribution in [3.8, 4) is 0 Å². The van der Waals surface area contributed by atoms with Gasteiger partial charge < -0.3 is 11.5 Å². The Morgan fingerprint density at radius 3 is 2.43 bits per heavy atom. The molecule has 116 valence electrons. The molecule has 0 bridgehead atoms. The molecule has 0 atom stereocenters. The van der Waals surface area contributed by atoms with Gasteiger partial charge >= 0.3 is 0 Å². The highest BCUT2D eigenvalue weighted by molar-refractivity contribution is 6.37. The van der Waals surface area contributed by atoms with Crippen LogP contribution < -0.4 is 11.5 Å². The topological polar surface area (TPSA) is 77.8 Å². The van der Waals surface area contributed by atoms with Crippen LogP contribution in [-0.4, -0.2) is 9.97 Å². The number of fused-ring (bicyclic) bond motifs is 1. The summed E-state index contributed by atoms with van der Waals surface area (Å²) in [7, 11) is 0. The fraction of sp³-hybridized carbons (Fsp3) is 0.111. The van der Waals surface area contributed by atoms with Gasteiger partial charge in [0, 0.05) is 0 Å². The maximum Gasteiger partial charge on any atom is 0.222 e. The standard InChI is InChI=1S/C18H17ClN4/c1-2-11-3-5-12(6-4-11)7-8-13-9-10-14-15(16(13)19)17(20)23-18(21)22-14/h2-6,9-10H,1,7-8H2,(H4,20,21,22,23). The van der Waals surface area contributed by atoms with Gasteiger partial charge in [-0.1, -0.05) is 54.6 Å². The van der Waals surface area contributed by atoms with Crippen LogP contribution in [0.5, 0.6) is 0 Å². The molecule has 4 nitrogen and oxygen atoms in total. The number of halogens is 1. The molecule has 0 aliphatic carbocycles. The lowest BCUT2D eigenvalue weighted by Gasteiger charge is -2.10. The highest BCUT2D eigenvalue weighted by atomic mass is 35.5. The van der Waals surface area contributed by atoms with Gasteiger partial charge in [-0.3, -0.25) is 0 Å². The van der Waals surface area contributed by atoms with Crippen molar-refractivity contribution in [3.63, 3.8) is 0 Å². The van der Waals surface area contributed by atoms with E-state index in [9.17, 15) is 0 Å². The molecule has 0 amide bonds. The van der Waals surface area contributed by atoms with Gasteiger partial charge in [0.2, 0.25) is 5.95 Å². The van der Waals surface area contributed by atoms with Crippen molar-refractivity contribution in [1.82, 2.24) is 9.97 Å². The third kappa shape index (κ3) is 3.12. The van der Waals surface area contributed by atoms with Crippen LogP contribution in [0.2, 0.25) is 5.02 Å². The minimum absolute atomic E-state index is 0.154. The van der Waals surface area contributed by atoms with Gasteiger partial charge in [-0.05, 0) is 35.6 Å². The summed E-state index contributed by atoms with van der Waals surface area (Å²) in [6.07, 6.45) is 3.53. The number of nitrogen functional groups attached to an aromatic ring is 2. The van der Waals surface area contributed by atoms with E-state index in [1.165, 1.54) is 5.56 Å². The summed E-state index contributed by atoms with van der Waals surface area (Å²) < 4.78 is 0. The molecule has 0 saturated carbocycles. The van der Waals surface area contributed by atoms with E-state index in [1.54, 1.807) is 0 Å². The van der Waals surface area contributed by atoms with E-state index in [2.05, 4.69) is 40.8 Å². The minimum atomic E-state index is 0.154. The molecule has 23 heavy (non-hydrogen) atoms. The number of rotatable bonds is 4. The smallest absolute Gasteiger partial charge is 0.222 e. The van der Waals surface area contributed by atoms with E-state index < -0.39 is 0 Å². The summed E-state index contributed by atoms with van der Waals surface area (Å²) in [5, 5.41) is 1.27. The van der Waals surface area contributed by atoms with Crippen LogP contribution in [0.15, 0.2) is 43.0 Å². The van der Waals surface area contributed by atoms with E-state index in [0.29, 0.717) is 21.7 Å². The van der Waals surface area contributed by atoms with E-state index in [4.69, 9.17) is 23.1 Å². The number of aromatic nitrogens is 2. The van der Waals surface area contributed by atoms with E-state index >= 15 is 0 Å². The molecular formula is C18H17ClN4. The number of aryl methyl sites for hydroxylation is 2. The van der Waals surface area contributed by atoms with Crippen molar-refractivity contribution in [1.29, 1.82) is 0 Å². The molecule has 0 aliphatic rings. The van der Waals surface area contributed by atoms with E-state index in [0.717, 1.165) is 24.0 Å². The number of nitrogens with two attached hydrogens (primary N) is 2. The number of benzene rings is 2. The minimum Gasteiger partial charge on any atom is -0.383 e. The normalized spacial score (nSPS) is 10.8. The zero-order chi connectivity index (χ0) is 16.4. The molecule has 3 rings (SSSR count). The Balaban J connectivity index is 1.88. The molecule has 0 spiro atoms. The summed E-state index contributed by atoms with van der Waals surface area (Å²) in [5.74, 6) is 0.468. The molecule has 0 fully saturated rings. The SMILES string of the molecule is C=Cc1ccc(CCc2ccc3nc(N)nc(N)c3c2Cl)cc1. The van der Waals surface area contributed by atoms with Crippen molar-refractivity contribution >= 4 is 40.3 Å². The maximum absolute atomic E-state index is 6.50. The number of anilines is 2. The van der Waals surface area contributed by atoms with Gasteiger partial charge in [0.1, 0.15) is 5.82 Å². The lowest BCUT2D eigenvalue weighted by molar-refractivity contribution is 0.962. The first-order chi connectivity index (χ1) is 11.1. The first kappa shape index (κ1) is 15.3. The van der Waals surface area contributed by atoms with Crippen LogP contribution in [0.3, 0.4) is 0 Å². The molecule has 0 radical (unpaired) electrons. The van der Waals surface area contributed by atoms with Crippen LogP contribution in [0, 0.1) is 0 Å². The van der Waals surface area contributed by atoms with Crippen molar-refractivity contribution in [3.05, 3.63) is 64.7 Å². The van der Waals surface area contributed by atoms with Gasteiger partial charge in [-0.15, -0.1) is 0 Å². The second kappa shape index (κ2) is 6.26. The predicted molar refractivity (Wildman–Crippen MR) is 97.3 cm³/mol. The summed E-state index contributed by atoms with van der Waals surface area (Å²) in [6.45, 7) is 3.76. The van der Waals surface area contributed by atoms with Gasteiger partial charge in [-0.25, -0.2) is 4.98 Å². The Bertz CT molecular complexity index is 872. The molecule has 1 aromatic heterocycles. The Labute approximate surface area is 139 Å². The Morgan fingerprint density at radius 1 is 1.00 bits per heavy atom. The molecule has 2 aromatic carbocycles. The zero-order valence-electron chi connectivity index (χ0n) is 12.6. The van der Waals surface area contributed by atoms with Crippen molar-refractivity contribution < 1.29 is 0 Å². The lowest BCUT2D eigenvalue weighted by Crippen LogP contribution is -2.02. The van der Waals surface area contributed by atoms with Crippen LogP contribution in [0.25, 0.3) is 17.0 Å². The van der Waals surface area contributed by atoms with Crippen LogP contribution in [0.1, 0.15) is 16.7 Å². The van der Waals surface area contributed by atoms with Crippen molar-refractivity contribution in [2.24, 2.45) is 0 Å². The average Bonchev–Trinajstić information content (AvgIpc) is 2.54. The van der Waals surface area contributed by atoms with Crippen LogP contribution >= 0.6 is 11.6 Å². The highest BCUT2D eigenvalue weighted by Gasteiger charge is 2.11. The molecule has 0 aliphatic heterocycles. The maximum atomic E-state index is 6.50. The molecule has 0 saturated heterocycles. The third-order valence-electron chi connectivity index (χ3n) is 3.82. The number of hydrogen-bond donors (Lipinski definition) is 2. The second-order valence-electron chi connectivity index (χ2n) is 5.35. The molecular weight excluding hydrogens is 308 g/mol. The van der Waals surface area contributed by atoms with Crippen LogP contribution in [0.4, 0.5) is 11.8 Å². The molecule has 5 heteroatoms. The quantitative estimate of drug-likeness (QED) is 0.763. The molecule has 0 unspecified atom stereocenters. The fourth-order valence-corrected chi connectivity index (χ4v) is 2.92. The fourth-order valence-electron chi connectivity index (χ4n) is 2.57. The zero-order valence-corrected chi connectivity index (χ0v) is 13.3. The summed E-state index contributed by atoms with van der Waals surface area (Å²) in [4.78, 5) is 8.16. The summed E-state index contributed by atoms with van der Waals surface area (Å²) in [5.41, 5.74) is 15.6. The van der Waals surface area contributed by atoms with Crippen molar-refractivity contribution in [2.75, 3.05) is 11.5 Å². The van der Waals surface area contributed by atoms with E-state index in [-0.39, 0.29) is 5.95 Å². The second-order valence-corrected chi connectivity index (χ2v) is 5.72. The first-order valence-electron chi connectivity index (χ1n) is 7.30. The summed E-state index contributed by atoms with van der Waals surface area (Å²) in [6, 6.07) is 12.2. The molecule has 1 heterocycles. The average molecular weight is 325 g/mol. The highest BCUT2D eigenvalue weighted by Crippen LogP contribution is 2.31. The molecule has 3 aromatic rings. The third-order valence-corrected chi connectivity index (χ3v) is 4.26. The van der Waals surface area contributed by atoms with Crippen molar-refractivity contribution in [2.45, 2.75) is 12.8 Å². The van der Waals surface area contributed by atoms with Gasteiger partial charge in [0.25, 0.3) is 0 Å². The van der Waals surface area contributed by atoms with Gasteiger partial charge in [0.15, 0.2) is 0 Å². The first-order valence-corrected chi connectivity index (χ1v) is 7.67. The van der Waals surface area contributed by atoms with Gasteiger partial charge in [0.05, 0.1) is 15.9 Å². The lowest BCUT2D eigenvalue weighted by atomic mass is 10.0. The Hall–Kier alpha value is -2.59. The molecule has 4 N–H and O–H groups in total. The monoisotopic (exact) mass is 324 g/mol. The largest absolute Gasteiger partial charge is 0.383 e. The summed E-state index contributed by atoms with van der Waals surface area (Å²) >= 11 is 6.50. The Kier molecular flexibility index (Phi) is 4.17.